The Kier molecular flexibility index (Phi) is 4.73. The van der Waals surface area contributed by atoms with Gasteiger partial charge in [-0.15, -0.1) is 0 Å². The molecular formula is C30H38. The normalized spacial score (nSPS) is 16.3. The lowest BCUT2D eigenvalue weighted by Crippen LogP contribution is -2.14. The number of hydrogen-bond donors (Lipinski definition) is 0. The second-order valence-corrected chi connectivity index (χ2v) is 12.4. The van der Waals surface area contributed by atoms with E-state index < -0.39 is 0 Å². The number of benzene rings is 2. The average Bonchev–Trinajstić information content (AvgIpc) is 3.23. The fourth-order valence-corrected chi connectivity index (χ4v) is 4.82. The lowest BCUT2D eigenvalue weighted by atomic mass is 9.79. The molecule has 2 aromatic carbocycles. The van der Waals surface area contributed by atoms with Gasteiger partial charge in [0.25, 0.3) is 0 Å². The van der Waals surface area contributed by atoms with Crippen LogP contribution >= 0.6 is 0 Å². The van der Waals surface area contributed by atoms with Gasteiger partial charge >= 0.3 is 0 Å². The molecule has 0 fully saturated rings. The Morgan fingerprint density at radius 3 is 1.87 bits per heavy atom. The Morgan fingerprint density at radius 2 is 1.30 bits per heavy atom. The van der Waals surface area contributed by atoms with Crippen LogP contribution in [0.3, 0.4) is 0 Å². The van der Waals surface area contributed by atoms with Crippen molar-refractivity contribution < 1.29 is 0 Å². The fraction of sp³-hybridized carbons (Fsp3) is 0.467. The van der Waals surface area contributed by atoms with Crippen LogP contribution in [0.4, 0.5) is 0 Å². The SMILES string of the molecule is CC(C)(C)C1=CCC(c2cc3c(cc2C(C)(C)C)-c2cc(C(C)(C)C)ccc2C3)=C1. The zero-order valence-corrected chi connectivity index (χ0v) is 20.5. The van der Waals surface area contributed by atoms with Gasteiger partial charge in [0, 0.05) is 0 Å². The van der Waals surface area contributed by atoms with Crippen molar-refractivity contribution >= 4 is 5.57 Å². The van der Waals surface area contributed by atoms with E-state index >= 15 is 0 Å². The summed E-state index contributed by atoms with van der Waals surface area (Å²) >= 11 is 0. The number of fused-ring (bicyclic) bond motifs is 3. The maximum absolute atomic E-state index is 2.51. The summed E-state index contributed by atoms with van der Waals surface area (Å²) in [5, 5.41) is 0. The Morgan fingerprint density at radius 1 is 0.633 bits per heavy atom. The van der Waals surface area contributed by atoms with Gasteiger partial charge in [0.1, 0.15) is 0 Å². The van der Waals surface area contributed by atoms with Crippen LogP contribution in [-0.2, 0) is 17.3 Å². The van der Waals surface area contributed by atoms with E-state index in [1.807, 2.05) is 0 Å². The molecular weight excluding hydrogens is 360 g/mol. The van der Waals surface area contributed by atoms with Crippen LogP contribution in [0, 0.1) is 5.41 Å². The van der Waals surface area contributed by atoms with Crippen molar-refractivity contribution in [3.05, 3.63) is 75.9 Å². The summed E-state index contributed by atoms with van der Waals surface area (Å²) in [6.45, 7) is 20.9. The summed E-state index contributed by atoms with van der Waals surface area (Å²) in [7, 11) is 0. The molecule has 0 radical (unpaired) electrons. The lowest BCUT2D eigenvalue weighted by molar-refractivity contribution is 0.518. The first-order chi connectivity index (χ1) is 13.7. The van der Waals surface area contributed by atoms with Crippen LogP contribution in [0.1, 0.15) is 96.6 Å². The molecule has 2 aliphatic rings. The molecule has 0 amide bonds. The molecule has 0 saturated heterocycles. The van der Waals surface area contributed by atoms with Crippen LogP contribution in [0.25, 0.3) is 16.7 Å². The van der Waals surface area contributed by atoms with Crippen molar-refractivity contribution in [1.29, 1.82) is 0 Å². The smallest absolute Gasteiger partial charge is 0.00132 e. The molecule has 0 atom stereocenters. The van der Waals surface area contributed by atoms with Crippen LogP contribution in [0.2, 0.25) is 0 Å². The standard InChI is InChI=1S/C30H38/c1-28(2,3)22-12-11-20(15-22)26-16-21-14-19-10-13-23(29(4,5)6)17-24(19)25(21)18-27(26)30(7,8)9/h10,12-13,15-18H,11,14H2,1-9H3. The third-order valence-corrected chi connectivity index (χ3v) is 6.78. The molecule has 0 saturated carbocycles. The minimum absolute atomic E-state index is 0.111. The molecule has 0 aliphatic heterocycles. The van der Waals surface area contributed by atoms with Crippen molar-refractivity contribution in [2.75, 3.05) is 0 Å². The highest BCUT2D eigenvalue weighted by molar-refractivity contribution is 5.84. The lowest BCUT2D eigenvalue weighted by Gasteiger charge is -2.26. The summed E-state index contributed by atoms with van der Waals surface area (Å²) in [5.74, 6) is 0. The van der Waals surface area contributed by atoms with Crippen LogP contribution in [0.15, 0.2) is 48.1 Å². The molecule has 2 aliphatic carbocycles. The van der Waals surface area contributed by atoms with E-state index in [2.05, 4.69) is 105 Å². The van der Waals surface area contributed by atoms with Gasteiger partial charge in [-0.2, -0.15) is 0 Å². The van der Waals surface area contributed by atoms with Gasteiger partial charge in [0.15, 0.2) is 0 Å². The van der Waals surface area contributed by atoms with Gasteiger partial charge in [-0.1, -0.05) is 98.7 Å². The minimum Gasteiger partial charge on any atom is -0.0763 e. The highest BCUT2D eigenvalue weighted by Crippen LogP contribution is 2.46. The molecule has 0 aromatic heterocycles. The van der Waals surface area contributed by atoms with E-state index in [4.69, 9.17) is 0 Å². The zero-order chi connectivity index (χ0) is 22.1. The van der Waals surface area contributed by atoms with Gasteiger partial charge in [-0.25, -0.2) is 0 Å². The zero-order valence-electron chi connectivity index (χ0n) is 20.5. The van der Waals surface area contributed by atoms with Crippen LogP contribution in [-0.4, -0.2) is 0 Å². The van der Waals surface area contributed by atoms with Crippen molar-refractivity contribution in [3.63, 3.8) is 0 Å². The first-order valence-electron chi connectivity index (χ1n) is 11.5. The highest BCUT2D eigenvalue weighted by Gasteiger charge is 2.29. The van der Waals surface area contributed by atoms with Crippen molar-refractivity contribution in [2.24, 2.45) is 5.41 Å². The molecule has 30 heavy (non-hydrogen) atoms. The van der Waals surface area contributed by atoms with Crippen molar-refractivity contribution in [3.8, 4) is 11.1 Å². The first-order valence-corrected chi connectivity index (χ1v) is 11.5. The summed E-state index contributed by atoms with van der Waals surface area (Å²) < 4.78 is 0. The fourth-order valence-electron chi connectivity index (χ4n) is 4.82. The van der Waals surface area contributed by atoms with Gasteiger partial charge < -0.3 is 0 Å². The molecule has 158 valence electrons. The molecule has 0 spiro atoms. The number of hydrogen-bond acceptors (Lipinski definition) is 0. The van der Waals surface area contributed by atoms with Gasteiger partial charge in [-0.05, 0) is 85.2 Å². The predicted octanol–water partition coefficient (Wildman–Crippen LogP) is 8.61. The largest absolute Gasteiger partial charge is 0.0763 e. The Labute approximate surface area is 184 Å². The maximum atomic E-state index is 2.51. The number of allylic oxidation sites excluding steroid dienone is 4. The molecule has 0 heterocycles. The highest BCUT2D eigenvalue weighted by atomic mass is 14.3. The second kappa shape index (κ2) is 6.71. The van der Waals surface area contributed by atoms with E-state index in [1.165, 1.54) is 50.1 Å². The van der Waals surface area contributed by atoms with E-state index in [0.29, 0.717) is 0 Å². The molecule has 0 heteroatoms. The van der Waals surface area contributed by atoms with Gasteiger partial charge in [0.05, 0.1) is 0 Å². The number of rotatable bonds is 1. The van der Waals surface area contributed by atoms with E-state index in [0.717, 1.165) is 12.8 Å². The van der Waals surface area contributed by atoms with Crippen molar-refractivity contribution in [1.82, 2.24) is 0 Å². The van der Waals surface area contributed by atoms with Gasteiger partial charge in [0.2, 0.25) is 0 Å². The maximum Gasteiger partial charge on any atom is -0.00132 e. The molecule has 0 N–H and O–H groups in total. The second-order valence-electron chi connectivity index (χ2n) is 12.4. The minimum atomic E-state index is 0.111. The Balaban J connectivity index is 1.86. The molecule has 0 bridgehead atoms. The topological polar surface area (TPSA) is 0 Å². The van der Waals surface area contributed by atoms with Gasteiger partial charge in [-0.3, -0.25) is 0 Å². The quantitative estimate of drug-likeness (QED) is 0.385. The molecule has 0 unspecified atom stereocenters. The summed E-state index contributed by atoms with van der Waals surface area (Å²) in [4.78, 5) is 0. The average molecular weight is 399 g/mol. The van der Waals surface area contributed by atoms with E-state index in [-0.39, 0.29) is 16.2 Å². The molecule has 2 aromatic rings. The third kappa shape index (κ3) is 3.70. The van der Waals surface area contributed by atoms with E-state index in [1.54, 1.807) is 0 Å². The monoisotopic (exact) mass is 398 g/mol. The van der Waals surface area contributed by atoms with E-state index in [9.17, 15) is 0 Å². The molecule has 0 nitrogen and oxygen atoms in total. The predicted molar refractivity (Wildman–Crippen MR) is 132 cm³/mol. The van der Waals surface area contributed by atoms with Crippen molar-refractivity contribution in [2.45, 2.75) is 86.0 Å². The first kappa shape index (κ1) is 21.2. The third-order valence-electron chi connectivity index (χ3n) is 6.78. The Bertz CT molecular complexity index is 1070. The summed E-state index contributed by atoms with van der Waals surface area (Å²) in [6, 6.07) is 12.2. The Hall–Kier alpha value is -2.08. The molecule has 4 rings (SSSR count). The van der Waals surface area contributed by atoms with Crippen LogP contribution in [0.5, 0.6) is 0 Å². The summed E-state index contributed by atoms with van der Waals surface area (Å²) in [5.41, 5.74) is 13.7. The van der Waals surface area contributed by atoms with Crippen LogP contribution < -0.4 is 0 Å². The summed E-state index contributed by atoms with van der Waals surface area (Å²) in [6.07, 6.45) is 6.99.